The molecule has 0 aliphatic carbocycles. The number of rotatable bonds is 3. The third-order valence-corrected chi connectivity index (χ3v) is 7.14. The second-order valence-corrected chi connectivity index (χ2v) is 9.64. The molecular formula is C27H32N4O2. The predicted molar refractivity (Wildman–Crippen MR) is 129 cm³/mol. The smallest absolute Gasteiger partial charge is 0.257 e. The van der Waals surface area contributed by atoms with Crippen LogP contribution in [0.15, 0.2) is 42.7 Å². The number of hydrogen-bond acceptors (Lipinski definition) is 3. The first kappa shape index (κ1) is 21.7. The van der Waals surface area contributed by atoms with Crippen molar-refractivity contribution in [1.29, 1.82) is 0 Å². The Morgan fingerprint density at radius 3 is 2.21 bits per heavy atom. The molecule has 3 aromatic rings. The van der Waals surface area contributed by atoms with E-state index in [2.05, 4.69) is 23.3 Å². The fraction of sp³-hybridized carbons (Fsp3) is 0.444. The topological polar surface area (TPSA) is 57.9 Å². The van der Waals surface area contributed by atoms with Crippen molar-refractivity contribution in [3.63, 3.8) is 0 Å². The highest BCUT2D eigenvalue weighted by Gasteiger charge is 2.26. The minimum absolute atomic E-state index is 0.0933. The van der Waals surface area contributed by atoms with Crippen molar-refractivity contribution in [3.05, 3.63) is 70.5 Å². The van der Waals surface area contributed by atoms with Gasteiger partial charge in [0.2, 0.25) is 0 Å². The standard InChI is InChI=1S/C27H32N4O2/c1-19-14-20(2)16-23(15-19)26(32)30-11-6-21(7-12-30)22-8-13-31-25(17-22)24(18-28-31)27(33)29-9-4-3-5-10-29/h8,13-18,21H,3-7,9-12H2,1-2H3. The van der Waals surface area contributed by atoms with E-state index < -0.39 is 0 Å². The molecule has 33 heavy (non-hydrogen) atoms. The molecule has 0 unspecified atom stereocenters. The van der Waals surface area contributed by atoms with Crippen molar-refractivity contribution < 1.29 is 9.59 Å². The minimum Gasteiger partial charge on any atom is -0.339 e. The van der Waals surface area contributed by atoms with Crippen LogP contribution in [0.1, 0.15) is 75.4 Å². The zero-order valence-electron chi connectivity index (χ0n) is 19.6. The van der Waals surface area contributed by atoms with Gasteiger partial charge in [0.25, 0.3) is 11.8 Å². The fourth-order valence-electron chi connectivity index (χ4n) is 5.38. The molecule has 0 spiro atoms. The minimum atomic E-state index is 0.0933. The van der Waals surface area contributed by atoms with Crippen LogP contribution in [0.25, 0.3) is 5.52 Å². The first-order valence-corrected chi connectivity index (χ1v) is 12.1. The molecule has 0 atom stereocenters. The molecule has 5 rings (SSSR count). The Balaban J connectivity index is 1.30. The van der Waals surface area contributed by atoms with Crippen LogP contribution in [-0.4, -0.2) is 57.4 Å². The lowest BCUT2D eigenvalue weighted by Crippen LogP contribution is -2.38. The monoisotopic (exact) mass is 444 g/mol. The van der Waals surface area contributed by atoms with Gasteiger partial charge in [-0.2, -0.15) is 5.10 Å². The van der Waals surface area contributed by atoms with Crippen molar-refractivity contribution >= 4 is 17.3 Å². The highest BCUT2D eigenvalue weighted by molar-refractivity contribution is 6.00. The number of nitrogens with zero attached hydrogens (tertiary/aromatic N) is 4. The molecule has 2 aliphatic heterocycles. The van der Waals surface area contributed by atoms with E-state index in [4.69, 9.17) is 0 Å². The number of amides is 2. The fourth-order valence-corrected chi connectivity index (χ4v) is 5.38. The lowest BCUT2D eigenvalue weighted by atomic mass is 9.89. The normalized spacial score (nSPS) is 17.5. The zero-order chi connectivity index (χ0) is 22.9. The Morgan fingerprint density at radius 1 is 0.848 bits per heavy atom. The average Bonchev–Trinajstić information content (AvgIpc) is 3.26. The second-order valence-electron chi connectivity index (χ2n) is 9.64. The van der Waals surface area contributed by atoms with Crippen molar-refractivity contribution in [2.45, 2.75) is 51.9 Å². The van der Waals surface area contributed by atoms with Crippen molar-refractivity contribution in [1.82, 2.24) is 19.4 Å². The molecule has 172 valence electrons. The maximum atomic E-state index is 13.1. The lowest BCUT2D eigenvalue weighted by Gasteiger charge is -2.32. The number of aromatic nitrogens is 2. The quantitative estimate of drug-likeness (QED) is 0.593. The summed E-state index contributed by atoms with van der Waals surface area (Å²) in [5.74, 6) is 0.600. The Labute approximate surface area is 195 Å². The van der Waals surface area contributed by atoms with Gasteiger partial charge < -0.3 is 9.80 Å². The van der Waals surface area contributed by atoms with E-state index in [1.54, 1.807) is 10.7 Å². The number of carbonyl (C=O) groups excluding carboxylic acids is 2. The molecular weight excluding hydrogens is 412 g/mol. The van der Waals surface area contributed by atoms with Crippen LogP contribution in [-0.2, 0) is 0 Å². The number of aryl methyl sites for hydroxylation is 2. The maximum Gasteiger partial charge on any atom is 0.257 e. The summed E-state index contributed by atoms with van der Waals surface area (Å²) in [4.78, 5) is 30.1. The van der Waals surface area contributed by atoms with E-state index in [1.807, 2.05) is 42.0 Å². The number of pyridine rings is 1. The van der Waals surface area contributed by atoms with Gasteiger partial charge in [0.1, 0.15) is 0 Å². The van der Waals surface area contributed by atoms with Gasteiger partial charge in [0, 0.05) is 37.9 Å². The van der Waals surface area contributed by atoms with Gasteiger partial charge in [-0.1, -0.05) is 17.2 Å². The Bertz CT molecular complexity index is 1160. The molecule has 4 heterocycles. The number of likely N-dealkylation sites (tertiary alicyclic amines) is 2. The Hall–Kier alpha value is -3.15. The van der Waals surface area contributed by atoms with E-state index >= 15 is 0 Å². The summed E-state index contributed by atoms with van der Waals surface area (Å²) in [6.07, 6.45) is 8.89. The third-order valence-electron chi connectivity index (χ3n) is 7.14. The number of piperidine rings is 2. The van der Waals surface area contributed by atoms with Crippen LogP contribution in [0, 0.1) is 13.8 Å². The largest absolute Gasteiger partial charge is 0.339 e. The van der Waals surface area contributed by atoms with E-state index in [-0.39, 0.29) is 11.8 Å². The summed E-state index contributed by atoms with van der Waals surface area (Å²) in [5.41, 5.74) is 5.84. The third kappa shape index (κ3) is 4.39. The van der Waals surface area contributed by atoms with Gasteiger partial charge in [-0.3, -0.25) is 9.59 Å². The number of carbonyl (C=O) groups is 2. The van der Waals surface area contributed by atoms with Gasteiger partial charge in [-0.05, 0) is 81.7 Å². The van der Waals surface area contributed by atoms with Gasteiger partial charge in [0.05, 0.1) is 17.3 Å². The molecule has 0 bridgehead atoms. The summed E-state index contributed by atoms with van der Waals surface area (Å²) in [6, 6.07) is 10.3. The number of hydrogen-bond donors (Lipinski definition) is 0. The predicted octanol–water partition coefficient (Wildman–Crippen LogP) is 4.60. The Morgan fingerprint density at radius 2 is 1.52 bits per heavy atom. The maximum absolute atomic E-state index is 13.1. The molecule has 2 fully saturated rings. The van der Waals surface area contributed by atoms with Crippen LogP contribution in [0.2, 0.25) is 0 Å². The van der Waals surface area contributed by atoms with Crippen LogP contribution in [0.3, 0.4) is 0 Å². The van der Waals surface area contributed by atoms with Gasteiger partial charge in [0.15, 0.2) is 0 Å². The molecule has 2 amide bonds. The SMILES string of the molecule is Cc1cc(C)cc(C(=O)N2CCC(c3ccn4ncc(C(=O)N5CCCCC5)c4c3)CC2)c1. The molecule has 2 aromatic heterocycles. The van der Waals surface area contributed by atoms with Gasteiger partial charge in [-0.15, -0.1) is 0 Å². The van der Waals surface area contributed by atoms with Crippen LogP contribution >= 0.6 is 0 Å². The molecule has 6 nitrogen and oxygen atoms in total. The first-order chi connectivity index (χ1) is 16.0. The average molecular weight is 445 g/mol. The van der Waals surface area contributed by atoms with Crippen molar-refractivity contribution in [2.75, 3.05) is 26.2 Å². The molecule has 0 radical (unpaired) electrons. The molecule has 2 saturated heterocycles. The first-order valence-electron chi connectivity index (χ1n) is 12.1. The molecule has 1 aromatic carbocycles. The van der Waals surface area contributed by atoms with E-state index in [0.29, 0.717) is 11.5 Å². The van der Waals surface area contributed by atoms with E-state index in [1.165, 1.54) is 12.0 Å². The molecule has 6 heteroatoms. The summed E-state index contributed by atoms with van der Waals surface area (Å²) < 4.78 is 1.80. The lowest BCUT2D eigenvalue weighted by molar-refractivity contribution is 0.0709. The van der Waals surface area contributed by atoms with Crippen molar-refractivity contribution in [2.24, 2.45) is 0 Å². The summed E-state index contributed by atoms with van der Waals surface area (Å²) in [6.45, 7) is 7.24. The van der Waals surface area contributed by atoms with Crippen LogP contribution in [0.4, 0.5) is 0 Å². The van der Waals surface area contributed by atoms with Gasteiger partial charge in [-0.25, -0.2) is 4.52 Å². The van der Waals surface area contributed by atoms with Crippen LogP contribution in [0.5, 0.6) is 0 Å². The van der Waals surface area contributed by atoms with Crippen LogP contribution < -0.4 is 0 Å². The zero-order valence-corrected chi connectivity index (χ0v) is 19.6. The Kier molecular flexibility index (Phi) is 5.92. The summed E-state index contributed by atoms with van der Waals surface area (Å²) in [5, 5.41) is 4.42. The molecule has 0 N–H and O–H groups in total. The highest BCUT2D eigenvalue weighted by atomic mass is 16.2. The molecule has 0 saturated carbocycles. The highest BCUT2D eigenvalue weighted by Crippen LogP contribution is 2.30. The van der Waals surface area contributed by atoms with E-state index in [9.17, 15) is 9.59 Å². The summed E-state index contributed by atoms with van der Waals surface area (Å²) in [7, 11) is 0. The summed E-state index contributed by atoms with van der Waals surface area (Å²) >= 11 is 0. The van der Waals surface area contributed by atoms with Crippen molar-refractivity contribution in [3.8, 4) is 0 Å². The van der Waals surface area contributed by atoms with Gasteiger partial charge >= 0.3 is 0 Å². The number of fused-ring (bicyclic) bond motifs is 1. The van der Waals surface area contributed by atoms with E-state index in [0.717, 1.165) is 74.1 Å². The molecule has 2 aliphatic rings. The number of benzene rings is 1. The second kappa shape index (κ2) is 9.00.